The van der Waals surface area contributed by atoms with Crippen LogP contribution in [0, 0.1) is 5.82 Å². The summed E-state index contributed by atoms with van der Waals surface area (Å²) in [7, 11) is 0. The van der Waals surface area contributed by atoms with E-state index in [1.54, 1.807) is 0 Å². The minimum atomic E-state index is -2.68. The van der Waals surface area contributed by atoms with E-state index >= 15 is 0 Å². The standard InChI is InChI=1S/C8H7ClFNO/c1-11(8(9)12)7-4-2-6(10)3-5-7/h2-5H,1H3/i1D3. The van der Waals surface area contributed by atoms with Gasteiger partial charge in [-0.25, -0.2) is 4.39 Å². The van der Waals surface area contributed by atoms with Gasteiger partial charge in [-0.3, -0.25) is 4.79 Å². The van der Waals surface area contributed by atoms with E-state index in [0.29, 0.717) is 4.90 Å². The summed E-state index contributed by atoms with van der Waals surface area (Å²) >= 11 is 5.14. The smallest absolute Gasteiger partial charge is 0.302 e. The summed E-state index contributed by atoms with van der Waals surface area (Å²) in [4.78, 5) is 11.3. The Kier molecular flexibility index (Phi) is 1.63. The summed E-state index contributed by atoms with van der Waals surface area (Å²) in [6.07, 6.45) is 0. The molecule has 0 radical (unpaired) electrons. The van der Waals surface area contributed by atoms with E-state index in [0.717, 1.165) is 12.1 Å². The minimum Gasteiger partial charge on any atom is -0.302 e. The van der Waals surface area contributed by atoms with Gasteiger partial charge in [-0.15, -0.1) is 0 Å². The van der Waals surface area contributed by atoms with Crippen LogP contribution in [0.25, 0.3) is 0 Å². The first-order valence-corrected chi connectivity index (χ1v) is 3.45. The SMILES string of the molecule is [2H]C([2H])([2H])N(C(=O)Cl)c1ccc(F)cc1. The molecule has 0 fully saturated rings. The van der Waals surface area contributed by atoms with Gasteiger partial charge < -0.3 is 4.90 Å². The lowest BCUT2D eigenvalue weighted by atomic mass is 10.3. The first-order chi connectivity index (χ1) is 6.82. The number of amides is 1. The lowest BCUT2D eigenvalue weighted by Crippen LogP contribution is -2.19. The molecular weight excluding hydrogens is 181 g/mol. The van der Waals surface area contributed by atoms with Crippen LogP contribution in [-0.4, -0.2) is 12.3 Å². The van der Waals surface area contributed by atoms with Crippen molar-refractivity contribution in [2.45, 2.75) is 0 Å². The molecule has 0 aromatic heterocycles. The van der Waals surface area contributed by atoms with E-state index in [2.05, 4.69) is 0 Å². The lowest BCUT2D eigenvalue weighted by molar-refractivity contribution is 0.265. The third kappa shape index (κ3) is 1.95. The largest absolute Gasteiger partial charge is 0.320 e. The maximum Gasteiger partial charge on any atom is 0.320 e. The zero-order valence-electron chi connectivity index (χ0n) is 8.92. The van der Waals surface area contributed by atoms with E-state index in [4.69, 9.17) is 15.7 Å². The molecule has 0 saturated heterocycles. The number of anilines is 1. The molecule has 1 aromatic carbocycles. The van der Waals surface area contributed by atoms with Crippen LogP contribution in [0.2, 0.25) is 0 Å². The Bertz CT molecular complexity index is 365. The second-order valence-corrected chi connectivity index (χ2v) is 2.39. The molecule has 0 N–H and O–H groups in total. The van der Waals surface area contributed by atoms with Crippen molar-refractivity contribution in [3.8, 4) is 0 Å². The maximum atomic E-state index is 12.6. The van der Waals surface area contributed by atoms with Gasteiger partial charge in [0.05, 0.1) is 0 Å². The monoisotopic (exact) mass is 190 g/mol. The number of carbonyl (C=O) groups excluding carboxylic acids is 1. The zero-order chi connectivity index (χ0) is 11.6. The van der Waals surface area contributed by atoms with Crippen molar-refractivity contribution >= 4 is 22.7 Å². The van der Waals surface area contributed by atoms with Crippen LogP contribution in [0.5, 0.6) is 0 Å². The highest BCUT2D eigenvalue weighted by molar-refractivity contribution is 6.66. The van der Waals surface area contributed by atoms with Crippen LogP contribution in [-0.2, 0) is 0 Å². The van der Waals surface area contributed by atoms with Crippen LogP contribution in [0.1, 0.15) is 4.11 Å². The van der Waals surface area contributed by atoms with Gasteiger partial charge in [0.2, 0.25) is 0 Å². The van der Waals surface area contributed by atoms with Gasteiger partial charge in [0.1, 0.15) is 5.82 Å². The van der Waals surface area contributed by atoms with Crippen LogP contribution < -0.4 is 4.90 Å². The van der Waals surface area contributed by atoms with Gasteiger partial charge in [-0.2, -0.15) is 0 Å². The molecule has 0 bridgehead atoms. The average Bonchev–Trinajstić information content (AvgIpc) is 2.05. The van der Waals surface area contributed by atoms with Crippen molar-refractivity contribution in [2.24, 2.45) is 0 Å². The van der Waals surface area contributed by atoms with Crippen LogP contribution >= 0.6 is 11.6 Å². The molecule has 1 amide bonds. The summed E-state index contributed by atoms with van der Waals surface area (Å²) in [6.45, 7) is -2.68. The highest BCUT2D eigenvalue weighted by atomic mass is 35.5. The third-order valence-electron chi connectivity index (χ3n) is 1.26. The van der Waals surface area contributed by atoms with E-state index in [1.165, 1.54) is 12.1 Å². The molecule has 64 valence electrons. The Balaban J connectivity index is 3.11. The van der Waals surface area contributed by atoms with Gasteiger partial charge in [0, 0.05) is 16.8 Å². The normalized spacial score (nSPS) is 14.3. The Hall–Kier alpha value is -1.09. The summed E-state index contributed by atoms with van der Waals surface area (Å²) in [5.41, 5.74) is 0.0244. The van der Waals surface area contributed by atoms with Crippen LogP contribution in [0.15, 0.2) is 24.3 Å². The average molecular weight is 191 g/mol. The number of hydrogen-bond donors (Lipinski definition) is 0. The Morgan fingerprint density at radius 2 is 2.17 bits per heavy atom. The Morgan fingerprint density at radius 3 is 2.58 bits per heavy atom. The van der Waals surface area contributed by atoms with E-state index in [1.807, 2.05) is 0 Å². The highest BCUT2D eigenvalue weighted by Gasteiger charge is 2.06. The van der Waals surface area contributed by atoms with E-state index in [-0.39, 0.29) is 5.69 Å². The summed E-state index contributed by atoms with van der Waals surface area (Å²) < 4.78 is 33.8. The summed E-state index contributed by atoms with van der Waals surface area (Å²) in [6, 6.07) is 4.44. The summed E-state index contributed by atoms with van der Waals surface area (Å²) in [5.74, 6) is -0.522. The summed E-state index contributed by atoms with van der Waals surface area (Å²) in [5, 5.41) is -1.14. The molecule has 0 spiro atoms. The molecular formula is C8H7ClFNO. The van der Waals surface area contributed by atoms with Crippen molar-refractivity contribution in [3.63, 3.8) is 0 Å². The quantitative estimate of drug-likeness (QED) is 0.493. The van der Waals surface area contributed by atoms with Gasteiger partial charge in [-0.1, -0.05) is 0 Å². The number of hydrogen-bond acceptors (Lipinski definition) is 1. The van der Waals surface area contributed by atoms with Crippen molar-refractivity contribution < 1.29 is 13.3 Å². The molecule has 0 heterocycles. The molecule has 0 saturated carbocycles. The Labute approximate surface area is 78.8 Å². The van der Waals surface area contributed by atoms with Crippen LogP contribution in [0.4, 0.5) is 14.9 Å². The van der Waals surface area contributed by atoms with Gasteiger partial charge >= 0.3 is 5.37 Å². The maximum absolute atomic E-state index is 12.6. The number of rotatable bonds is 1. The first kappa shape index (κ1) is 5.54. The van der Waals surface area contributed by atoms with Gasteiger partial charge in [0.15, 0.2) is 0 Å². The number of halogens is 2. The second-order valence-electron chi connectivity index (χ2n) is 2.06. The predicted molar refractivity (Wildman–Crippen MR) is 46.1 cm³/mol. The topological polar surface area (TPSA) is 20.3 Å². The molecule has 0 aliphatic rings. The van der Waals surface area contributed by atoms with E-state index in [9.17, 15) is 9.18 Å². The number of nitrogens with zero attached hydrogens (tertiary/aromatic N) is 1. The van der Waals surface area contributed by atoms with Gasteiger partial charge in [-0.05, 0) is 35.9 Å². The highest BCUT2D eigenvalue weighted by Crippen LogP contribution is 2.14. The fourth-order valence-corrected chi connectivity index (χ4v) is 0.789. The molecule has 2 nitrogen and oxygen atoms in total. The third-order valence-corrected chi connectivity index (χ3v) is 1.43. The molecule has 1 aromatic rings. The van der Waals surface area contributed by atoms with Crippen molar-refractivity contribution in [2.75, 3.05) is 11.9 Å². The van der Waals surface area contributed by atoms with E-state index < -0.39 is 18.2 Å². The molecule has 0 atom stereocenters. The Morgan fingerprint density at radius 1 is 1.58 bits per heavy atom. The number of benzene rings is 1. The molecule has 0 aliphatic carbocycles. The fourth-order valence-electron chi connectivity index (χ4n) is 0.692. The predicted octanol–water partition coefficient (Wildman–Crippen LogP) is 2.62. The number of carbonyl (C=O) groups is 1. The molecule has 0 unspecified atom stereocenters. The fraction of sp³-hybridized carbons (Fsp3) is 0.125. The molecule has 0 aliphatic heterocycles. The molecule has 1 rings (SSSR count). The van der Waals surface area contributed by atoms with Crippen molar-refractivity contribution in [1.82, 2.24) is 0 Å². The lowest BCUT2D eigenvalue weighted by Gasteiger charge is -2.12. The van der Waals surface area contributed by atoms with Crippen molar-refractivity contribution in [3.05, 3.63) is 30.1 Å². The first-order valence-electron chi connectivity index (χ1n) is 4.57. The van der Waals surface area contributed by atoms with Crippen LogP contribution in [0.3, 0.4) is 0 Å². The molecule has 4 heteroatoms. The van der Waals surface area contributed by atoms with Gasteiger partial charge in [0.25, 0.3) is 0 Å². The zero-order valence-corrected chi connectivity index (χ0v) is 6.68. The molecule has 12 heavy (non-hydrogen) atoms. The van der Waals surface area contributed by atoms with Crippen molar-refractivity contribution in [1.29, 1.82) is 0 Å². The second kappa shape index (κ2) is 3.54. The minimum absolute atomic E-state index is 0.0244.